The van der Waals surface area contributed by atoms with Crippen LogP contribution in [0.5, 0.6) is 0 Å². The van der Waals surface area contributed by atoms with Crippen molar-refractivity contribution in [1.29, 1.82) is 0 Å². The van der Waals surface area contributed by atoms with Crippen molar-refractivity contribution >= 4 is 11.4 Å². The zero-order chi connectivity index (χ0) is 14.5. The van der Waals surface area contributed by atoms with Crippen LogP contribution in [0.2, 0.25) is 0 Å². The lowest BCUT2D eigenvalue weighted by Crippen LogP contribution is -2.28. The van der Waals surface area contributed by atoms with Gasteiger partial charge in [0.15, 0.2) is 0 Å². The van der Waals surface area contributed by atoms with Gasteiger partial charge in [0, 0.05) is 25.2 Å². The number of nitrogens with one attached hydrogen (secondary N) is 1. The highest BCUT2D eigenvalue weighted by molar-refractivity contribution is 5.66. The SMILES string of the molecule is CCNc1c(CN2CCCC2CC)cccc1[N+](=O)[O-]. The molecule has 20 heavy (non-hydrogen) atoms. The van der Waals surface area contributed by atoms with Gasteiger partial charge in [-0.25, -0.2) is 0 Å². The molecule has 1 unspecified atom stereocenters. The molecule has 1 aliphatic rings. The number of nitro benzene ring substituents is 1. The molecule has 1 N–H and O–H groups in total. The molecule has 1 heterocycles. The van der Waals surface area contributed by atoms with Gasteiger partial charge in [0.1, 0.15) is 5.69 Å². The van der Waals surface area contributed by atoms with E-state index in [4.69, 9.17) is 0 Å². The first-order chi connectivity index (χ1) is 9.67. The Labute approximate surface area is 120 Å². The molecule has 110 valence electrons. The minimum Gasteiger partial charge on any atom is -0.380 e. The molecule has 1 aromatic carbocycles. The van der Waals surface area contributed by atoms with E-state index in [1.807, 2.05) is 13.0 Å². The van der Waals surface area contributed by atoms with E-state index in [1.165, 1.54) is 12.8 Å². The molecule has 0 aliphatic carbocycles. The maximum absolute atomic E-state index is 11.2. The van der Waals surface area contributed by atoms with E-state index < -0.39 is 0 Å². The highest BCUT2D eigenvalue weighted by Gasteiger charge is 2.25. The molecule has 1 saturated heterocycles. The Bertz CT molecular complexity index is 476. The molecular weight excluding hydrogens is 254 g/mol. The van der Waals surface area contributed by atoms with Gasteiger partial charge in [-0.2, -0.15) is 0 Å². The molecule has 0 aromatic heterocycles. The summed E-state index contributed by atoms with van der Waals surface area (Å²) in [6.07, 6.45) is 3.61. The van der Waals surface area contributed by atoms with Crippen molar-refractivity contribution in [3.63, 3.8) is 0 Å². The predicted octanol–water partition coefficient (Wildman–Crippen LogP) is 3.40. The summed E-state index contributed by atoms with van der Waals surface area (Å²) >= 11 is 0. The van der Waals surface area contributed by atoms with Gasteiger partial charge in [0.05, 0.1) is 4.92 Å². The van der Waals surface area contributed by atoms with Gasteiger partial charge in [0.2, 0.25) is 0 Å². The van der Waals surface area contributed by atoms with E-state index in [0.29, 0.717) is 18.3 Å². The van der Waals surface area contributed by atoms with Crippen LogP contribution in [0.3, 0.4) is 0 Å². The number of para-hydroxylation sites is 1. The van der Waals surface area contributed by atoms with Crippen LogP contribution in [0, 0.1) is 10.1 Å². The van der Waals surface area contributed by atoms with Crippen LogP contribution in [0.25, 0.3) is 0 Å². The fraction of sp³-hybridized carbons (Fsp3) is 0.600. The highest BCUT2D eigenvalue weighted by Crippen LogP contribution is 2.31. The minimum absolute atomic E-state index is 0.177. The Balaban J connectivity index is 2.26. The third-order valence-corrected chi connectivity index (χ3v) is 4.02. The van der Waals surface area contributed by atoms with Crippen molar-refractivity contribution in [1.82, 2.24) is 4.90 Å². The Kier molecular flexibility index (Phi) is 4.95. The van der Waals surface area contributed by atoms with Crippen LogP contribution >= 0.6 is 0 Å². The van der Waals surface area contributed by atoms with Gasteiger partial charge in [-0.05, 0) is 38.3 Å². The smallest absolute Gasteiger partial charge is 0.292 e. The maximum atomic E-state index is 11.2. The van der Waals surface area contributed by atoms with Crippen molar-refractivity contribution in [3.8, 4) is 0 Å². The molecule has 1 aliphatic heterocycles. The van der Waals surface area contributed by atoms with Gasteiger partial charge in [-0.3, -0.25) is 15.0 Å². The number of likely N-dealkylation sites (tertiary alicyclic amines) is 1. The average molecular weight is 277 g/mol. The van der Waals surface area contributed by atoms with Gasteiger partial charge >= 0.3 is 0 Å². The quantitative estimate of drug-likeness (QED) is 0.639. The Morgan fingerprint density at radius 3 is 2.90 bits per heavy atom. The number of hydrogen-bond acceptors (Lipinski definition) is 4. The van der Waals surface area contributed by atoms with Crippen LogP contribution in [0.4, 0.5) is 11.4 Å². The first-order valence-electron chi connectivity index (χ1n) is 7.41. The fourth-order valence-corrected chi connectivity index (χ4v) is 3.04. The first-order valence-corrected chi connectivity index (χ1v) is 7.41. The number of nitrogens with zero attached hydrogens (tertiary/aromatic N) is 2. The lowest BCUT2D eigenvalue weighted by atomic mass is 10.1. The third-order valence-electron chi connectivity index (χ3n) is 4.02. The number of hydrogen-bond donors (Lipinski definition) is 1. The van der Waals surface area contributed by atoms with Gasteiger partial charge in [-0.1, -0.05) is 19.1 Å². The number of anilines is 1. The molecule has 5 nitrogen and oxygen atoms in total. The van der Waals surface area contributed by atoms with E-state index in [-0.39, 0.29) is 10.6 Å². The number of rotatable bonds is 6. The van der Waals surface area contributed by atoms with E-state index >= 15 is 0 Å². The lowest BCUT2D eigenvalue weighted by molar-refractivity contribution is -0.384. The van der Waals surface area contributed by atoms with Crippen molar-refractivity contribution in [2.45, 2.75) is 45.7 Å². The predicted molar refractivity (Wildman–Crippen MR) is 81.0 cm³/mol. The van der Waals surface area contributed by atoms with E-state index in [1.54, 1.807) is 12.1 Å². The van der Waals surface area contributed by atoms with E-state index in [9.17, 15) is 10.1 Å². The molecule has 1 fully saturated rings. The van der Waals surface area contributed by atoms with Crippen LogP contribution in [0.1, 0.15) is 38.7 Å². The second-order valence-corrected chi connectivity index (χ2v) is 5.27. The maximum Gasteiger partial charge on any atom is 0.292 e. The Hall–Kier alpha value is -1.62. The standard InChI is InChI=1S/C15H23N3O2/c1-3-13-8-6-10-17(13)11-12-7-5-9-14(18(19)20)15(12)16-4-2/h5,7,9,13,16H,3-4,6,8,10-11H2,1-2H3. The summed E-state index contributed by atoms with van der Waals surface area (Å²) in [7, 11) is 0. The molecular formula is C15H23N3O2. The summed E-state index contributed by atoms with van der Waals surface area (Å²) < 4.78 is 0. The Morgan fingerprint density at radius 1 is 1.45 bits per heavy atom. The van der Waals surface area contributed by atoms with Crippen molar-refractivity contribution in [2.24, 2.45) is 0 Å². The Morgan fingerprint density at radius 2 is 2.25 bits per heavy atom. The second-order valence-electron chi connectivity index (χ2n) is 5.27. The molecule has 0 saturated carbocycles. The van der Waals surface area contributed by atoms with E-state index in [0.717, 1.165) is 25.1 Å². The monoisotopic (exact) mass is 277 g/mol. The van der Waals surface area contributed by atoms with Gasteiger partial charge < -0.3 is 5.32 Å². The van der Waals surface area contributed by atoms with Crippen LogP contribution in [-0.2, 0) is 6.54 Å². The average Bonchev–Trinajstić information content (AvgIpc) is 2.88. The zero-order valence-corrected chi connectivity index (χ0v) is 12.3. The van der Waals surface area contributed by atoms with Crippen LogP contribution in [0.15, 0.2) is 18.2 Å². The molecule has 1 atom stereocenters. The molecule has 5 heteroatoms. The molecule has 0 amide bonds. The topological polar surface area (TPSA) is 58.4 Å². The molecule has 0 radical (unpaired) electrons. The van der Waals surface area contributed by atoms with Crippen LogP contribution in [-0.4, -0.2) is 29.0 Å². The molecule has 0 spiro atoms. The summed E-state index contributed by atoms with van der Waals surface area (Å²) in [5.41, 5.74) is 1.89. The molecule has 1 aromatic rings. The number of benzene rings is 1. The molecule has 0 bridgehead atoms. The van der Waals surface area contributed by atoms with Crippen molar-refractivity contribution < 1.29 is 4.92 Å². The van der Waals surface area contributed by atoms with E-state index in [2.05, 4.69) is 17.1 Å². The summed E-state index contributed by atoms with van der Waals surface area (Å²) in [5, 5.41) is 14.3. The number of nitro groups is 1. The summed E-state index contributed by atoms with van der Waals surface area (Å²) in [6, 6.07) is 5.97. The largest absolute Gasteiger partial charge is 0.380 e. The minimum atomic E-state index is -0.303. The van der Waals surface area contributed by atoms with Crippen molar-refractivity contribution in [2.75, 3.05) is 18.4 Å². The third kappa shape index (κ3) is 3.10. The van der Waals surface area contributed by atoms with Crippen molar-refractivity contribution in [3.05, 3.63) is 33.9 Å². The highest BCUT2D eigenvalue weighted by atomic mass is 16.6. The van der Waals surface area contributed by atoms with Gasteiger partial charge in [-0.15, -0.1) is 0 Å². The summed E-state index contributed by atoms with van der Waals surface area (Å²) in [5.74, 6) is 0. The first kappa shape index (κ1) is 14.8. The lowest BCUT2D eigenvalue weighted by Gasteiger charge is -2.24. The van der Waals surface area contributed by atoms with Crippen LogP contribution < -0.4 is 5.32 Å². The normalized spacial score (nSPS) is 19.2. The zero-order valence-electron chi connectivity index (χ0n) is 12.3. The summed E-state index contributed by atoms with van der Waals surface area (Å²) in [6.45, 7) is 6.75. The molecule has 2 rings (SSSR count). The summed E-state index contributed by atoms with van der Waals surface area (Å²) in [4.78, 5) is 13.3. The van der Waals surface area contributed by atoms with Gasteiger partial charge in [0.25, 0.3) is 5.69 Å². The second kappa shape index (κ2) is 6.70. The fourth-order valence-electron chi connectivity index (χ4n) is 3.04.